The Balaban J connectivity index is 1.98. The van der Waals surface area contributed by atoms with Crippen molar-refractivity contribution in [3.05, 3.63) is 0 Å². The van der Waals surface area contributed by atoms with Crippen LogP contribution in [0, 0.1) is 22.7 Å². The Kier molecular flexibility index (Phi) is 6.76. The van der Waals surface area contributed by atoms with Crippen molar-refractivity contribution < 1.29 is 14.6 Å². The molecule has 3 heteroatoms. The topological polar surface area (TPSA) is 46.5 Å². The van der Waals surface area contributed by atoms with Gasteiger partial charge in [0.15, 0.2) is 0 Å². The molecule has 0 bridgehead atoms. The Morgan fingerprint density at radius 1 is 1.16 bits per heavy atom. The summed E-state index contributed by atoms with van der Waals surface area (Å²) >= 11 is 0. The second-order valence-corrected chi connectivity index (χ2v) is 9.71. The third-order valence-electron chi connectivity index (χ3n) is 7.08. The molecule has 0 aromatic heterocycles. The number of carbonyl (C=O) groups is 1. The average molecular weight is 353 g/mol. The molecule has 2 saturated carbocycles. The Bertz CT molecular complexity index is 450. The number of hydrogen-bond acceptors (Lipinski definition) is 3. The first-order valence-corrected chi connectivity index (χ1v) is 10.5. The van der Waals surface area contributed by atoms with Gasteiger partial charge in [0.05, 0.1) is 18.8 Å². The van der Waals surface area contributed by atoms with Crippen molar-refractivity contribution in [3.63, 3.8) is 0 Å². The summed E-state index contributed by atoms with van der Waals surface area (Å²) in [7, 11) is 0. The quantitative estimate of drug-likeness (QED) is 0.624. The molecule has 0 radical (unpaired) electrons. The minimum atomic E-state index is -0.678. The van der Waals surface area contributed by atoms with Gasteiger partial charge >= 0.3 is 0 Å². The fourth-order valence-corrected chi connectivity index (χ4v) is 6.02. The smallest absolute Gasteiger partial charge is 0.136 e. The van der Waals surface area contributed by atoms with Crippen LogP contribution in [-0.4, -0.2) is 29.7 Å². The van der Waals surface area contributed by atoms with E-state index < -0.39 is 5.60 Å². The Morgan fingerprint density at radius 3 is 2.40 bits per heavy atom. The van der Waals surface area contributed by atoms with Gasteiger partial charge in [-0.3, -0.25) is 4.79 Å². The van der Waals surface area contributed by atoms with Gasteiger partial charge in [-0.25, -0.2) is 0 Å². The van der Waals surface area contributed by atoms with Crippen LogP contribution in [0.5, 0.6) is 0 Å². The molecule has 1 N–H and O–H groups in total. The van der Waals surface area contributed by atoms with E-state index in [1.165, 1.54) is 6.42 Å². The number of rotatable bonds is 9. The van der Waals surface area contributed by atoms with Crippen LogP contribution >= 0.6 is 0 Å². The number of carbonyl (C=O) groups excluding carboxylic acids is 1. The Hall–Kier alpha value is -0.410. The van der Waals surface area contributed by atoms with E-state index in [9.17, 15) is 9.90 Å². The minimum absolute atomic E-state index is 0.0421. The fraction of sp³-hybridized carbons (Fsp3) is 0.955. The summed E-state index contributed by atoms with van der Waals surface area (Å²) in [6.45, 7) is 12.3. The first kappa shape index (κ1) is 20.9. The highest BCUT2D eigenvalue weighted by Gasteiger charge is 2.55. The molecule has 0 spiro atoms. The van der Waals surface area contributed by atoms with Crippen molar-refractivity contribution in [3.8, 4) is 0 Å². The molecule has 2 aliphatic carbocycles. The lowest BCUT2D eigenvalue weighted by Crippen LogP contribution is -2.44. The Labute approximate surface area is 154 Å². The van der Waals surface area contributed by atoms with Crippen LogP contribution in [0.15, 0.2) is 0 Å². The lowest BCUT2D eigenvalue weighted by atomic mass is 9.58. The van der Waals surface area contributed by atoms with E-state index in [2.05, 4.69) is 34.6 Å². The van der Waals surface area contributed by atoms with Gasteiger partial charge in [-0.15, -0.1) is 0 Å². The van der Waals surface area contributed by atoms with Crippen molar-refractivity contribution in [2.45, 2.75) is 98.0 Å². The van der Waals surface area contributed by atoms with Crippen LogP contribution in [0.25, 0.3) is 0 Å². The van der Waals surface area contributed by atoms with Crippen molar-refractivity contribution in [1.82, 2.24) is 0 Å². The van der Waals surface area contributed by atoms with Gasteiger partial charge in [0.2, 0.25) is 0 Å². The molecule has 0 heterocycles. The van der Waals surface area contributed by atoms with Gasteiger partial charge in [-0.2, -0.15) is 0 Å². The van der Waals surface area contributed by atoms with E-state index in [0.29, 0.717) is 24.9 Å². The summed E-state index contributed by atoms with van der Waals surface area (Å²) in [6, 6.07) is 0. The van der Waals surface area contributed by atoms with E-state index in [1.54, 1.807) is 0 Å². The van der Waals surface area contributed by atoms with Gasteiger partial charge in [-0.1, -0.05) is 47.5 Å². The molecular weight excluding hydrogens is 312 g/mol. The molecular formula is C22H40O3. The summed E-state index contributed by atoms with van der Waals surface area (Å²) in [5.41, 5.74) is -0.492. The molecule has 2 unspecified atom stereocenters. The number of hydrogen-bond donors (Lipinski definition) is 1. The fourth-order valence-electron chi connectivity index (χ4n) is 6.02. The van der Waals surface area contributed by atoms with Crippen LogP contribution in [0.3, 0.4) is 0 Å². The third-order valence-corrected chi connectivity index (χ3v) is 7.08. The van der Waals surface area contributed by atoms with Gasteiger partial charge in [0.1, 0.15) is 5.78 Å². The molecule has 25 heavy (non-hydrogen) atoms. The standard InChI is InChI=1S/C22H40O3/c1-6-12-22(24,13-7-2)16-25-15-20(3,4)19-11-10-17-18(23)9-8-14-21(17,19)5/h17,19,24H,6-16H2,1-5H3/t17?,19-,21?/m1/s1. The highest BCUT2D eigenvalue weighted by molar-refractivity contribution is 5.83. The normalized spacial score (nSPS) is 30.6. The number of ketones is 1. The molecule has 2 aliphatic rings. The largest absolute Gasteiger partial charge is 0.387 e. The van der Waals surface area contributed by atoms with Crippen molar-refractivity contribution in [2.75, 3.05) is 13.2 Å². The van der Waals surface area contributed by atoms with Gasteiger partial charge in [0.25, 0.3) is 0 Å². The van der Waals surface area contributed by atoms with Crippen LogP contribution in [0.4, 0.5) is 0 Å². The van der Waals surface area contributed by atoms with E-state index in [-0.39, 0.29) is 16.7 Å². The molecule has 3 atom stereocenters. The second-order valence-electron chi connectivity index (χ2n) is 9.71. The Morgan fingerprint density at radius 2 is 1.80 bits per heavy atom. The number of Topliss-reactive ketones (excluding diaryl/α,β-unsaturated/α-hetero) is 1. The zero-order valence-corrected chi connectivity index (χ0v) is 17.2. The predicted octanol–water partition coefficient (Wildman–Crippen LogP) is 5.15. The van der Waals surface area contributed by atoms with E-state index in [4.69, 9.17) is 4.74 Å². The van der Waals surface area contributed by atoms with Crippen LogP contribution in [0.1, 0.15) is 92.4 Å². The lowest BCUT2D eigenvalue weighted by molar-refractivity contribution is -0.132. The molecule has 0 aliphatic heterocycles. The number of fused-ring (bicyclic) bond motifs is 1. The summed E-state index contributed by atoms with van der Waals surface area (Å²) in [5, 5.41) is 10.8. The first-order valence-electron chi connectivity index (χ1n) is 10.5. The molecule has 0 saturated heterocycles. The zero-order valence-electron chi connectivity index (χ0n) is 17.2. The highest BCUT2D eigenvalue weighted by Crippen LogP contribution is 2.59. The SMILES string of the molecule is CCCC(O)(CCC)COCC(C)(C)[C@H]1CCC2C(=O)CCCC21C. The van der Waals surface area contributed by atoms with Gasteiger partial charge in [0, 0.05) is 12.3 Å². The van der Waals surface area contributed by atoms with Crippen LogP contribution < -0.4 is 0 Å². The lowest BCUT2D eigenvalue weighted by Gasteiger charge is -2.46. The summed E-state index contributed by atoms with van der Waals surface area (Å²) in [4.78, 5) is 12.4. The van der Waals surface area contributed by atoms with E-state index in [0.717, 1.165) is 51.4 Å². The van der Waals surface area contributed by atoms with Crippen molar-refractivity contribution in [1.29, 1.82) is 0 Å². The molecule has 0 aromatic rings. The first-order chi connectivity index (χ1) is 11.7. The highest BCUT2D eigenvalue weighted by atomic mass is 16.5. The maximum atomic E-state index is 12.4. The zero-order chi connectivity index (χ0) is 18.7. The van der Waals surface area contributed by atoms with Crippen molar-refractivity contribution >= 4 is 5.78 Å². The van der Waals surface area contributed by atoms with E-state index in [1.807, 2.05) is 0 Å². The molecule has 3 nitrogen and oxygen atoms in total. The van der Waals surface area contributed by atoms with Crippen LogP contribution in [-0.2, 0) is 9.53 Å². The summed E-state index contributed by atoms with van der Waals surface area (Å²) < 4.78 is 6.10. The molecule has 2 rings (SSSR count). The molecule has 0 aromatic carbocycles. The average Bonchev–Trinajstić information content (AvgIpc) is 2.86. The summed E-state index contributed by atoms with van der Waals surface area (Å²) in [6.07, 6.45) is 8.76. The van der Waals surface area contributed by atoms with Crippen molar-refractivity contribution in [2.24, 2.45) is 22.7 Å². The predicted molar refractivity (Wildman–Crippen MR) is 103 cm³/mol. The number of aliphatic hydroxyl groups is 1. The van der Waals surface area contributed by atoms with Crippen LogP contribution in [0.2, 0.25) is 0 Å². The van der Waals surface area contributed by atoms with E-state index >= 15 is 0 Å². The van der Waals surface area contributed by atoms with Gasteiger partial charge in [-0.05, 0) is 55.3 Å². The second kappa shape index (κ2) is 8.08. The monoisotopic (exact) mass is 352 g/mol. The molecule has 0 amide bonds. The maximum Gasteiger partial charge on any atom is 0.136 e. The third kappa shape index (κ3) is 4.47. The summed E-state index contributed by atoms with van der Waals surface area (Å²) in [5.74, 6) is 1.29. The minimum Gasteiger partial charge on any atom is -0.387 e. The number of ether oxygens (including phenoxy) is 1. The van der Waals surface area contributed by atoms with Gasteiger partial charge < -0.3 is 9.84 Å². The molecule has 146 valence electrons. The molecule has 2 fully saturated rings. The maximum absolute atomic E-state index is 12.4.